The van der Waals surface area contributed by atoms with Crippen molar-refractivity contribution in [3.05, 3.63) is 12.3 Å². The van der Waals surface area contributed by atoms with Gasteiger partial charge in [0.25, 0.3) is 0 Å². The third kappa shape index (κ3) is 2.56. The molecule has 3 N–H and O–H groups in total. The molecule has 0 bridgehead atoms. The van der Waals surface area contributed by atoms with E-state index in [1.807, 2.05) is 0 Å². The molecule has 1 atom stereocenters. The van der Waals surface area contributed by atoms with Gasteiger partial charge in [0.1, 0.15) is 5.82 Å². The van der Waals surface area contributed by atoms with E-state index < -0.39 is 5.54 Å². The Balaban J connectivity index is 1.95. The molecule has 1 saturated heterocycles. The number of hydrogen-bond acceptors (Lipinski definition) is 4. The van der Waals surface area contributed by atoms with Crippen molar-refractivity contribution in [1.29, 1.82) is 0 Å². The minimum absolute atomic E-state index is 0.133. The highest BCUT2D eigenvalue weighted by molar-refractivity contribution is 5.88. The molecule has 0 saturated carbocycles. The maximum Gasteiger partial charge on any atom is 0.320 e. The average Bonchev–Trinajstić information content (AvgIpc) is 2.90. The second-order valence-electron chi connectivity index (χ2n) is 4.16. The number of amides is 2. The number of rotatable bonds is 3. The fraction of sp³-hybridized carbons (Fsp3) is 0.600. The van der Waals surface area contributed by atoms with Crippen molar-refractivity contribution in [2.24, 2.45) is 7.05 Å². The number of nitrogens with one attached hydrogen (secondary N) is 2. The Morgan fingerprint density at radius 1 is 1.76 bits per heavy atom. The predicted molar refractivity (Wildman–Crippen MR) is 60.6 cm³/mol. The van der Waals surface area contributed by atoms with Crippen LogP contribution < -0.4 is 10.6 Å². The molecule has 1 aliphatic rings. The van der Waals surface area contributed by atoms with Gasteiger partial charge in [-0.2, -0.15) is 5.10 Å². The molecule has 1 fully saturated rings. The molecule has 94 valence electrons. The molecule has 2 amide bonds. The lowest BCUT2D eigenvalue weighted by Gasteiger charge is -2.26. The number of aliphatic hydroxyl groups is 1. The number of aliphatic hydroxyl groups excluding tert-OH is 1. The molecule has 0 radical (unpaired) electrons. The first kappa shape index (κ1) is 11.9. The number of carbonyl (C=O) groups excluding carboxylic acids is 1. The predicted octanol–water partition coefficient (Wildman–Crippen LogP) is -0.307. The van der Waals surface area contributed by atoms with Crippen LogP contribution in [0.15, 0.2) is 12.3 Å². The molecule has 1 aromatic heterocycles. The van der Waals surface area contributed by atoms with Crippen LogP contribution in [0.1, 0.15) is 6.42 Å². The van der Waals surface area contributed by atoms with Gasteiger partial charge in [-0.1, -0.05) is 0 Å². The van der Waals surface area contributed by atoms with Crippen LogP contribution in [0.25, 0.3) is 0 Å². The van der Waals surface area contributed by atoms with Crippen molar-refractivity contribution in [1.82, 2.24) is 15.1 Å². The number of nitrogens with zero attached hydrogens (tertiary/aromatic N) is 2. The fourth-order valence-corrected chi connectivity index (χ4v) is 1.76. The lowest BCUT2D eigenvalue weighted by atomic mass is 10.0. The second-order valence-corrected chi connectivity index (χ2v) is 4.16. The summed E-state index contributed by atoms with van der Waals surface area (Å²) in [5.41, 5.74) is -0.664. The number of anilines is 1. The number of aromatic nitrogens is 2. The monoisotopic (exact) mass is 240 g/mol. The van der Waals surface area contributed by atoms with E-state index in [0.29, 0.717) is 25.5 Å². The zero-order chi connectivity index (χ0) is 12.3. The van der Waals surface area contributed by atoms with Crippen LogP contribution in [0, 0.1) is 0 Å². The van der Waals surface area contributed by atoms with Gasteiger partial charge in [0.15, 0.2) is 0 Å². The smallest absolute Gasteiger partial charge is 0.320 e. The summed E-state index contributed by atoms with van der Waals surface area (Å²) in [5, 5.41) is 18.6. The Hall–Kier alpha value is -1.60. The first-order valence-corrected chi connectivity index (χ1v) is 5.41. The summed E-state index contributed by atoms with van der Waals surface area (Å²) in [4.78, 5) is 11.8. The van der Waals surface area contributed by atoms with E-state index in [0.717, 1.165) is 0 Å². The highest BCUT2D eigenvalue weighted by atomic mass is 16.5. The van der Waals surface area contributed by atoms with Crippen LogP contribution in [-0.4, -0.2) is 46.3 Å². The largest absolute Gasteiger partial charge is 0.394 e. The lowest BCUT2D eigenvalue weighted by molar-refractivity contribution is 0.126. The van der Waals surface area contributed by atoms with E-state index in [4.69, 9.17) is 4.74 Å². The summed E-state index contributed by atoms with van der Waals surface area (Å²) in [6.45, 7) is 0.751. The maximum absolute atomic E-state index is 11.8. The SMILES string of the molecule is Cn1nccc1NC(=O)NC1(CO)CCOC1. The molecule has 0 spiro atoms. The summed E-state index contributed by atoms with van der Waals surface area (Å²) in [7, 11) is 1.73. The van der Waals surface area contributed by atoms with Gasteiger partial charge in [0.2, 0.25) is 0 Å². The Morgan fingerprint density at radius 2 is 2.59 bits per heavy atom. The van der Waals surface area contributed by atoms with Crippen molar-refractivity contribution in [2.75, 3.05) is 25.1 Å². The third-order valence-electron chi connectivity index (χ3n) is 2.85. The average molecular weight is 240 g/mol. The molecule has 0 aliphatic carbocycles. The zero-order valence-corrected chi connectivity index (χ0v) is 9.64. The van der Waals surface area contributed by atoms with Crippen LogP contribution >= 0.6 is 0 Å². The first-order valence-electron chi connectivity index (χ1n) is 5.41. The first-order chi connectivity index (χ1) is 8.15. The molecule has 2 rings (SSSR count). The summed E-state index contributed by atoms with van der Waals surface area (Å²) in [5.74, 6) is 0.592. The normalized spacial score (nSPS) is 23.6. The van der Waals surface area contributed by atoms with Crippen LogP contribution in [0.4, 0.5) is 10.6 Å². The van der Waals surface area contributed by atoms with E-state index in [9.17, 15) is 9.90 Å². The van der Waals surface area contributed by atoms with Crippen LogP contribution in [0.5, 0.6) is 0 Å². The van der Waals surface area contributed by atoms with Gasteiger partial charge in [-0.15, -0.1) is 0 Å². The maximum atomic E-state index is 11.8. The molecule has 0 aromatic carbocycles. The second kappa shape index (κ2) is 4.72. The minimum Gasteiger partial charge on any atom is -0.394 e. The lowest BCUT2D eigenvalue weighted by Crippen LogP contribution is -2.53. The number of hydrogen-bond donors (Lipinski definition) is 3. The van der Waals surface area contributed by atoms with Crippen molar-refractivity contribution in [3.8, 4) is 0 Å². The van der Waals surface area contributed by atoms with Crippen LogP contribution in [0.3, 0.4) is 0 Å². The Kier molecular flexibility index (Phi) is 3.30. The molecule has 1 unspecified atom stereocenters. The van der Waals surface area contributed by atoms with Crippen molar-refractivity contribution < 1.29 is 14.6 Å². The number of urea groups is 1. The summed E-state index contributed by atoms with van der Waals surface area (Å²) < 4.78 is 6.74. The molecule has 2 heterocycles. The molecule has 7 heteroatoms. The molecular formula is C10H16N4O3. The number of aryl methyl sites for hydroxylation is 1. The zero-order valence-electron chi connectivity index (χ0n) is 9.64. The topological polar surface area (TPSA) is 88.4 Å². The van der Waals surface area contributed by atoms with Gasteiger partial charge in [0, 0.05) is 19.7 Å². The van der Waals surface area contributed by atoms with Gasteiger partial charge >= 0.3 is 6.03 Å². The van der Waals surface area contributed by atoms with Gasteiger partial charge in [-0.3, -0.25) is 10.00 Å². The van der Waals surface area contributed by atoms with Crippen molar-refractivity contribution in [3.63, 3.8) is 0 Å². The third-order valence-corrected chi connectivity index (χ3v) is 2.85. The Morgan fingerprint density at radius 3 is 3.12 bits per heavy atom. The highest BCUT2D eigenvalue weighted by Gasteiger charge is 2.35. The highest BCUT2D eigenvalue weighted by Crippen LogP contribution is 2.18. The van der Waals surface area contributed by atoms with E-state index in [2.05, 4.69) is 15.7 Å². The fourth-order valence-electron chi connectivity index (χ4n) is 1.76. The molecule has 1 aromatic rings. The molecule has 1 aliphatic heterocycles. The van der Waals surface area contributed by atoms with E-state index in [1.54, 1.807) is 24.0 Å². The van der Waals surface area contributed by atoms with Crippen LogP contribution in [0.2, 0.25) is 0 Å². The molecule has 7 nitrogen and oxygen atoms in total. The standard InChI is InChI=1S/C10H16N4O3/c1-14-8(2-4-11-14)12-9(16)13-10(6-15)3-5-17-7-10/h2,4,15H,3,5-7H2,1H3,(H2,12,13,16). The van der Waals surface area contributed by atoms with Crippen molar-refractivity contribution >= 4 is 11.8 Å². The van der Waals surface area contributed by atoms with Gasteiger partial charge in [-0.05, 0) is 6.42 Å². The summed E-state index contributed by atoms with van der Waals surface area (Å²) in [6.07, 6.45) is 2.21. The van der Waals surface area contributed by atoms with Gasteiger partial charge < -0.3 is 15.2 Å². The molecular weight excluding hydrogens is 224 g/mol. The van der Waals surface area contributed by atoms with Crippen molar-refractivity contribution in [2.45, 2.75) is 12.0 Å². The Labute approximate surface area is 98.8 Å². The number of ether oxygens (including phenoxy) is 1. The van der Waals surface area contributed by atoms with E-state index >= 15 is 0 Å². The summed E-state index contributed by atoms with van der Waals surface area (Å²) >= 11 is 0. The van der Waals surface area contributed by atoms with Crippen LogP contribution in [-0.2, 0) is 11.8 Å². The summed E-state index contributed by atoms with van der Waals surface area (Å²) in [6, 6.07) is 1.32. The molecule has 17 heavy (non-hydrogen) atoms. The van der Waals surface area contributed by atoms with E-state index in [-0.39, 0.29) is 12.6 Å². The van der Waals surface area contributed by atoms with E-state index in [1.165, 1.54) is 0 Å². The quantitative estimate of drug-likeness (QED) is 0.676. The Bertz CT molecular complexity index is 398. The van der Waals surface area contributed by atoms with Gasteiger partial charge in [-0.25, -0.2) is 4.79 Å². The van der Waals surface area contributed by atoms with Gasteiger partial charge in [0.05, 0.1) is 24.9 Å². The minimum atomic E-state index is -0.664. The number of carbonyl (C=O) groups is 1.